The van der Waals surface area contributed by atoms with E-state index in [0.717, 1.165) is 0 Å². The van der Waals surface area contributed by atoms with Crippen molar-refractivity contribution in [1.29, 1.82) is 0 Å². The number of rotatable bonds is 3. The van der Waals surface area contributed by atoms with E-state index in [0.29, 0.717) is 22.6 Å². The number of hydrogen-bond acceptors (Lipinski definition) is 4. The standard InChI is InChI=1S/C16H22F2N6O2/c1-6-22-9-7-23(15(25)26)11(16(3,4)5)10(9)20-12(22)13-19-8(2)21-24(13)14(17)18/h11,14H,6-7H2,1-5H3,(H,25,26). The average molecular weight is 368 g/mol. The van der Waals surface area contributed by atoms with Gasteiger partial charge in [-0.05, 0) is 19.3 Å². The van der Waals surface area contributed by atoms with Crippen LogP contribution in [0.25, 0.3) is 11.6 Å². The highest BCUT2D eigenvalue weighted by Gasteiger charge is 2.45. The van der Waals surface area contributed by atoms with E-state index in [-0.39, 0.29) is 24.0 Å². The summed E-state index contributed by atoms with van der Waals surface area (Å²) in [4.78, 5) is 21.7. The van der Waals surface area contributed by atoms with Gasteiger partial charge in [0, 0.05) is 6.54 Å². The Balaban J connectivity index is 2.20. The Morgan fingerprint density at radius 1 is 1.31 bits per heavy atom. The summed E-state index contributed by atoms with van der Waals surface area (Å²) in [6, 6.07) is -0.467. The molecule has 3 rings (SSSR count). The molecule has 0 aliphatic carbocycles. The molecule has 1 unspecified atom stereocenters. The molecule has 0 spiro atoms. The SMILES string of the molecule is CCn1c(-c2nc(C)nn2C(F)F)nc2c1CN(C(=O)O)C2C(C)(C)C. The van der Waals surface area contributed by atoms with Crippen molar-refractivity contribution >= 4 is 6.09 Å². The first-order valence-electron chi connectivity index (χ1n) is 8.36. The first-order chi connectivity index (χ1) is 12.1. The van der Waals surface area contributed by atoms with Gasteiger partial charge in [0.25, 0.3) is 0 Å². The summed E-state index contributed by atoms with van der Waals surface area (Å²) in [6.45, 7) is 6.97. The Hall–Kier alpha value is -2.52. The van der Waals surface area contributed by atoms with E-state index in [1.54, 1.807) is 11.5 Å². The molecule has 10 heteroatoms. The van der Waals surface area contributed by atoms with Crippen molar-refractivity contribution in [3.63, 3.8) is 0 Å². The van der Waals surface area contributed by atoms with E-state index in [4.69, 9.17) is 0 Å². The Labute approximate surface area is 149 Å². The number of aromatic nitrogens is 5. The molecule has 0 aromatic carbocycles. The minimum atomic E-state index is -2.84. The number of amides is 1. The van der Waals surface area contributed by atoms with Gasteiger partial charge in [-0.3, -0.25) is 4.90 Å². The predicted molar refractivity (Wildman–Crippen MR) is 88.7 cm³/mol. The minimum absolute atomic E-state index is 0.0108. The molecular weight excluding hydrogens is 346 g/mol. The van der Waals surface area contributed by atoms with Crippen LogP contribution in [0.3, 0.4) is 0 Å². The fourth-order valence-corrected chi connectivity index (χ4v) is 3.58. The molecule has 1 aliphatic heterocycles. The van der Waals surface area contributed by atoms with Crippen molar-refractivity contribution in [2.24, 2.45) is 5.41 Å². The van der Waals surface area contributed by atoms with Gasteiger partial charge in [-0.15, -0.1) is 0 Å². The topological polar surface area (TPSA) is 89.1 Å². The molecule has 1 N–H and O–H groups in total. The van der Waals surface area contributed by atoms with E-state index < -0.39 is 24.1 Å². The number of carboxylic acid groups (broad SMARTS) is 1. The Morgan fingerprint density at radius 2 is 1.96 bits per heavy atom. The minimum Gasteiger partial charge on any atom is -0.465 e. The van der Waals surface area contributed by atoms with Crippen LogP contribution in [-0.4, -0.2) is 40.4 Å². The zero-order valence-corrected chi connectivity index (χ0v) is 15.4. The summed E-state index contributed by atoms with van der Waals surface area (Å²) in [5.74, 6) is 0.506. The zero-order chi connectivity index (χ0) is 19.4. The predicted octanol–water partition coefficient (Wildman–Crippen LogP) is 3.45. The summed E-state index contributed by atoms with van der Waals surface area (Å²) in [5.41, 5.74) is 0.907. The van der Waals surface area contributed by atoms with Crippen molar-refractivity contribution < 1.29 is 18.7 Å². The molecule has 26 heavy (non-hydrogen) atoms. The molecule has 0 radical (unpaired) electrons. The van der Waals surface area contributed by atoms with Crippen LogP contribution < -0.4 is 0 Å². The molecule has 3 heterocycles. The van der Waals surface area contributed by atoms with Crippen LogP contribution in [0, 0.1) is 12.3 Å². The second-order valence-electron chi connectivity index (χ2n) is 7.40. The lowest BCUT2D eigenvalue weighted by molar-refractivity contribution is 0.0577. The van der Waals surface area contributed by atoms with E-state index in [9.17, 15) is 18.7 Å². The summed E-state index contributed by atoms with van der Waals surface area (Å²) >= 11 is 0. The first-order valence-corrected chi connectivity index (χ1v) is 8.36. The molecule has 0 saturated heterocycles. The average Bonchev–Trinajstić information content (AvgIpc) is 3.15. The van der Waals surface area contributed by atoms with Gasteiger partial charge in [0.1, 0.15) is 5.82 Å². The van der Waals surface area contributed by atoms with E-state index in [2.05, 4.69) is 15.1 Å². The third-order valence-corrected chi connectivity index (χ3v) is 4.50. The number of alkyl halides is 2. The maximum Gasteiger partial charge on any atom is 0.408 e. The van der Waals surface area contributed by atoms with Crippen molar-refractivity contribution in [1.82, 2.24) is 29.2 Å². The van der Waals surface area contributed by atoms with Crippen LogP contribution in [0.5, 0.6) is 0 Å². The summed E-state index contributed by atoms with van der Waals surface area (Å²) in [7, 11) is 0. The van der Waals surface area contributed by atoms with Crippen molar-refractivity contribution in [3.05, 3.63) is 17.2 Å². The fraction of sp³-hybridized carbons (Fsp3) is 0.625. The van der Waals surface area contributed by atoms with Gasteiger partial charge in [0.05, 0.1) is 24.0 Å². The van der Waals surface area contributed by atoms with Gasteiger partial charge in [-0.2, -0.15) is 18.6 Å². The third-order valence-electron chi connectivity index (χ3n) is 4.50. The molecular formula is C16H22F2N6O2. The molecule has 0 fully saturated rings. The van der Waals surface area contributed by atoms with Crippen LogP contribution in [0.2, 0.25) is 0 Å². The first kappa shape index (κ1) is 18.3. The Bertz CT molecular complexity index is 852. The number of halogens is 2. The molecule has 0 saturated carbocycles. The maximum absolute atomic E-state index is 13.3. The quantitative estimate of drug-likeness (QED) is 0.896. The fourth-order valence-electron chi connectivity index (χ4n) is 3.58. The summed E-state index contributed by atoms with van der Waals surface area (Å²) in [5, 5.41) is 13.3. The Morgan fingerprint density at radius 3 is 2.46 bits per heavy atom. The number of carbonyl (C=O) groups is 1. The van der Waals surface area contributed by atoms with Crippen molar-refractivity contribution in [2.45, 2.75) is 60.3 Å². The number of hydrogen-bond donors (Lipinski definition) is 1. The molecule has 1 atom stereocenters. The van der Waals surface area contributed by atoms with Crippen molar-refractivity contribution in [3.8, 4) is 11.6 Å². The second kappa shape index (κ2) is 6.03. The highest BCUT2D eigenvalue weighted by atomic mass is 19.3. The highest BCUT2D eigenvalue weighted by molar-refractivity contribution is 5.67. The summed E-state index contributed by atoms with van der Waals surface area (Å²) < 4.78 is 29.0. The highest BCUT2D eigenvalue weighted by Crippen LogP contribution is 2.45. The van der Waals surface area contributed by atoms with E-state index in [1.807, 2.05) is 27.7 Å². The number of aryl methyl sites for hydroxylation is 1. The Kier molecular flexibility index (Phi) is 4.24. The van der Waals surface area contributed by atoms with Crippen LogP contribution in [0.1, 0.15) is 57.5 Å². The van der Waals surface area contributed by atoms with E-state index in [1.165, 1.54) is 4.90 Å². The maximum atomic E-state index is 13.3. The van der Waals surface area contributed by atoms with Crippen LogP contribution >= 0.6 is 0 Å². The lowest BCUT2D eigenvalue weighted by Gasteiger charge is -2.33. The number of nitrogens with zero attached hydrogens (tertiary/aromatic N) is 6. The lowest BCUT2D eigenvalue weighted by atomic mass is 9.85. The van der Waals surface area contributed by atoms with Gasteiger partial charge < -0.3 is 9.67 Å². The smallest absolute Gasteiger partial charge is 0.408 e. The normalized spacial score (nSPS) is 17.2. The molecule has 142 valence electrons. The molecule has 1 aliphatic rings. The lowest BCUT2D eigenvalue weighted by Crippen LogP contribution is -2.36. The monoisotopic (exact) mass is 368 g/mol. The van der Waals surface area contributed by atoms with Crippen molar-refractivity contribution in [2.75, 3.05) is 0 Å². The molecule has 8 nitrogen and oxygen atoms in total. The third kappa shape index (κ3) is 2.73. The summed E-state index contributed by atoms with van der Waals surface area (Å²) in [6.07, 6.45) is -1.03. The van der Waals surface area contributed by atoms with Gasteiger partial charge >= 0.3 is 12.6 Å². The molecule has 2 aromatic heterocycles. The largest absolute Gasteiger partial charge is 0.465 e. The zero-order valence-electron chi connectivity index (χ0n) is 15.4. The number of fused-ring (bicyclic) bond motifs is 1. The molecule has 1 amide bonds. The van der Waals surface area contributed by atoms with Gasteiger partial charge in [-0.1, -0.05) is 20.8 Å². The number of imidazole rings is 1. The van der Waals surface area contributed by atoms with Crippen LogP contribution in [0.15, 0.2) is 0 Å². The molecule has 0 bridgehead atoms. The molecule has 2 aromatic rings. The van der Waals surface area contributed by atoms with E-state index >= 15 is 0 Å². The van der Waals surface area contributed by atoms with Crippen LogP contribution in [0.4, 0.5) is 13.6 Å². The van der Waals surface area contributed by atoms with Gasteiger partial charge in [0.15, 0.2) is 11.6 Å². The van der Waals surface area contributed by atoms with Crippen LogP contribution in [-0.2, 0) is 13.1 Å². The van der Waals surface area contributed by atoms with Gasteiger partial charge in [0.2, 0.25) is 0 Å². The second-order valence-corrected chi connectivity index (χ2v) is 7.40. The van der Waals surface area contributed by atoms with Gasteiger partial charge in [-0.25, -0.2) is 14.8 Å².